The van der Waals surface area contributed by atoms with Gasteiger partial charge in [0.15, 0.2) is 0 Å². The van der Waals surface area contributed by atoms with Crippen LogP contribution in [0.25, 0.3) is 0 Å². The highest BCUT2D eigenvalue weighted by atomic mass is 79.9. The third-order valence-electron chi connectivity index (χ3n) is 4.02. The van der Waals surface area contributed by atoms with Gasteiger partial charge in [-0.25, -0.2) is 4.68 Å². The molecular weight excluding hydrogens is 332 g/mol. The molecule has 0 amide bonds. The largest absolute Gasteiger partial charge is 0.368 e. The summed E-state index contributed by atoms with van der Waals surface area (Å²) in [6.07, 6.45) is 6.29. The summed E-state index contributed by atoms with van der Waals surface area (Å²) in [5.74, 6) is 0. The van der Waals surface area contributed by atoms with Crippen molar-refractivity contribution in [3.05, 3.63) is 21.0 Å². The standard InChI is InChI=1S/C15H25BrN4O/c1-3-5-9-20-15(21)14(16)13(10-18-20)19(4-2)11-12-7-6-8-17-12/h10,12,17H,3-9,11H2,1-2H3. The van der Waals surface area contributed by atoms with E-state index in [1.165, 1.54) is 12.8 Å². The van der Waals surface area contributed by atoms with Gasteiger partial charge in [-0.15, -0.1) is 0 Å². The van der Waals surface area contributed by atoms with E-state index in [-0.39, 0.29) is 5.56 Å². The second-order valence-corrected chi connectivity index (χ2v) is 6.35. The van der Waals surface area contributed by atoms with E-state index in [1.807, 2.05) is 6.20 Å². The lowest BCUT2D eigenvalue weighted by atomic mass is 10.2. The van der Waals surface area contributed by atoms with E-state index in [0.29, 0.717) is 17.1 Å². The normalized spacial score (nSPS) is 18.1. The summed E-state index contributed by atoms with van der Waals surface area (Å²) in [5.41, 5.74) is 0.878. The lowest BCUT2D eigenvalue weighted by Crippen LogP contribution is -2.39. The first-order valence-corrected chi connectivity index (χ1v) is 8.70. The molecular formula is C15H25BrN4O. The highest BCUT2D eigenvalue weighted by Gasteiger charge is 2.20. The number of aromatic nitrogens is 2. The molecule has 0 spiro atoms. The van der Waals surface area contributed by atoms with E-state index in [4.69, 9.17) is 0 Å². The van der Waals surface area contributed by atoms with Gasteiger partial charge < -0.3 is 10.2 Å². The summed E-state index contributed by atoms with van der Waals surface area (Å²) in [4.78, 5) is 14.6. The van der Waals surface area contributed by atoms with Crippen molar-refractivity contribution in [2.45, 2.75) is 52.1 Å². The molecule has 0 aromatic carbocycles. The van der Waals surface area contributed by atoms with Crippen LogP contribution in [-0.4, -0.2) is 35.5 Å². The molecule has 0 saturated carbocycles. The first kappa shape index (κ1) is 16.5. The average molecular weight is 357 g/mol. The van der Waals surface area contributed by atoms with Crippen LogP contribution in [0.5, 0.6) is 0 Å². The van der Waals surface area contributed by atoms with Crippen LogP contribution in [-0.2, 0) is 6.54 Å². The number of anilines is 1. The van der Waals surface area contributed by atoms with Crippen molar-refractivity contribution in [3.63, 3.8) is 0 Å². The highest BCUT2D eigenvalue weighted by molar-refractivity contribution is 9.10. The second kappa shape index (κ2) is 7.94. The maximum Gasteiger partial charge on any atom is 0.283 e. The van der Waals surface area contributed by atoms with Crippen LogP contribution >= 0.6 is 15.9 Å². The summed E-state index contributed by atoms with van der Waals surface area (Å²) < 4.78 is 2.19. The smallest absolute Gasteiger partial charge is 0.283 e. The third kappa shape index (κ3) is 4.07. The molecule has 0 radical (unpaired) electrons. The lowest BCUT2D eigenvalue weighted by Gasteiger charge is -2.27. The van der Waals surface area contributed by atoms with Crippen LogP contribution < -0.4 is 15.8 Å². The molecule has 5 nitrogen and oxygen atoms in total. The lowest BCUT2D eigenvalue weighted by molar-refractivity contribution is 0.537. The number of unbranched alkanes of at least 4 members (excludes halogenated alkanes) is 1. The maximum atomic E-state index is 12.4. The van der Waals surface area contributed by atoms with Crippen LogP contribution in [0.2, 0.25) is 0 Å². The van der Waals surface area contributed by atoms with Crippen molar-refractivity contribution in [2.75, 3.05) is 24.5 Å². The van der Waals surface area contributed by atoms with Crippen LogP contribution in [0, 0.1) is 0 Å². The van der Waals surface area contributed by atoms with Gasteiger partial charge in [0.1, 0.15) is 4.47 Å². The highest BCUT2D eigenvalue weighted by Crippen LogP contribution is 2.22. The van der Waals surface area contributed by atoms with Crippen LogP contribution in [0.1, 0.15) is 39.5 Å². The van der Waals surface area contributed by atoms with Crippen molar-refractivity contribution in [3.8, 4) is 0 Å². The zero-order chi connectivity index (χ0) is 15.2. The Morgan fingerprint density at radius 2 is 2.33 bits per heavy atom. The number of hydrogen-bond acceptors (Lipinski definition) is 4. The Hall–Kier alpha value is -0.880. The van der Waals surface area contributed by atoms with E-state index in [2.05, 4.69) is 45.1 Å². The number of likely N-dealkylation sites (N-methyl/N-ethyl adjacent to an activating group) is 1. The fourth-order valence-corrected chi connectivity index (χ4v) is 3.28. The van der Waals surface area contributed by atoms with Gasteiger partial charge in [-0.1, -0.05) is 13.3 Å². The molecule has 6 heteroatoms. The Morgan fingerprint density at radius 1 is 1.52 bits per heavy atom. The zero-order valence-electron chi connectivity index (χ0n) is 12.9. The average Bonchev–Trinajstić information content (AvgIpc) is 3.00. The molecule has 0 aliphatic carbocycles. The number of nitrogens with zero attached hydrogens (tertiary/aromatic N) is 3. The Morgan fingerprint density at radius 3 is 2.95 bits per heavy atom. The van der Waals surface area contributed by atoms with Crippen LogP contribution in [0.15, 0.2) is 15.5 Å². The minimum Gasteiger partial charge on any atom is -0.368 e. The molecule has 1 aromatic rings. The molecule has 0 bridgehead atoms. The van der Waals surface area contributed by atoms with Crippen LogP contribution in [0.4, 0.5) is 5.69 Å². The van der Waals surface area contributed by atoms with Crippen molar-refractivity contribution in [1.29, 1.82) is 0 Å². The SMILES string of the molecule is CCCCn1ncc(N(CC)CC2CCCN2)c(Br)c1=O. The van der Waals surface area contributed by atoms with Gasteiger partial charge in [-0.3, -0.25) is 4.79 Å². The monoisotopic (exact) mass is 356 g/mol. The van der Waals surface area contributed by atoms with Crippen molar-refractivity contribution >= 4 is 21.6 Å². The third-order valence-corrected chi connectivity index (χ3v) is 4.76. The maximum absolute atomic E-state index is 12.4. The van der Waals surface area contributed by atoms with Gasteiger partial charge >= 0.3 is 0 Å². The molecule has 1 fully saturated rings. The van der Waals surface area contributed by atoms with Crippen molar-refractivity contribution < 1.29 is 0 Å². The predicted octanol–water partition coefficient (Wildman–Crippen LogP) is 2.38. The van der Waals surface area contributed by atoms with E-state index < -0.39 is 0 Å². The predicted molar refractivity (Wildman–Crippen MR) is 90.0 cm³/mol. The molecule has 1 aliphatic rings. The summed E-state index contributed by atoms with van der Waals surface area (Å²) >= 11 is 3.48. The number of halogens is 1. The fraction of sp³-hybridized carbons (Fsp3) is 0.733. The van der Waals surface area contributed by atoms with Gasteiger partial charge in [0.2, 0.25) is 0 Å². The van der Waals surface area contributed by atoms with E-state index in [9.17, 15) is 4.79 Å². The molecule has 1 N–H and O–H groups in total. The van der Waals surface area contributed by atoms with Gasteiger partial charge in [0, 0.05) is 25.7 Å². The molecule has 1 saturated heterocycles. The first-order chi connectivity index (χ1) is 10.2. The number of nitrogens with one attached hydrogen (secondary N) is 1. The second-order valence-electron chi connectivity index (χ2n) is 5.56. The summed E-state index contributed by atoms with van der Waals surface area (Å²) in [6, 6.07) is 0.513. The molecule has 118 valence electrons. The Labute approximate surface area is 134 Å². The Kier molecular flexibility index (Phi) is 6.23. The fourth-order valence-electron chi connectivity index (χ4n) is 2.72. The minimum atomic E-state index is -0.0289. The topological polar surface area (TPSA) is 50.2 Å². The van der Waals surface area contributed by atoms with E-state index in [1.54, 1.807) is 4.68 Å². The first-order valence-electron chi connectivity index (χ1n) is 7.91. The molecule has 21 heavy (non-hydrogen) atoms. The quantitative estimate of drug-likeness (QED) is 0.814. The van der Waals surface area contributed by atoms with Gasteiger partial charge in [0.05, 0.1) is 11.9 Å². The van der Waals surface area contributed by atoms with Gasteiger partial charge in [0.25, 0.3) is 5.56 Å². The summed E-state index contributed by atoms with van der Waals surface area (Å²) in [6.45, 7) is 7.81. The Balaban J connectivity index is 2.17. The number of hydrogen-bond donors (Lipinski definition) is 1. The molecule has 2 rings (SSSR count). The van der Waals surface area contributed by atoms with Gasteiger partial charge in [-0.2, -0.15) is 5.10 Å². The number of rotatable bonds is 7. The van der Waals surface area contributed by atoms with Gasteiger partial charge in [-0.05, 0) is 48.7 Å². The molecule has 1 unspecified atom stereocenters. The molecule has 1 atom stereocenters. The van der Waals surface area contributed by atoms with E-state index in [0.717, 1.165) is 38.2 Å². The van der Waals surface area contributed by atoms with E-state index >= 15 is 0 Å². The Bertz CT molecular complexity index is 511. The number of aryl methyl sites for hydroxylation is 1. The molecule has 1 aliphatic heterocycles. The summed E-state index contributed by atoms with van der Waals surface area (Å²) in [7, 11) is 0. The van der Waals surface area contributed by atoms with Crippen molar-refractivity contribution in [2.24, 2.45) is 0 Å². The summed E-state index contributed by atoms with van der Waals surface area (Å²) in [5, 5.41) is 7.84. The van der Waals surface area contributed by atoms with Crippen LogP contribution in [0.3, 0.4) is 0 Å². The van der Waals surface area contributed by atoms with Crippen molar-refractivity contribution in [1.82, 2.24) is 15.1 Å². The molecule has 2 heterocycles. The molecule has 1 aromatic heterocycles. The zero-order valence-corrected chi connectivity index (χ0v) is 14.5. The minimum absolute atomic E-state index is 0.0289.